The lowest BCUT2D eigenvalue weighted by Crippen LogP contribution is -2.35. The second-order valence-corrected chi connectivity index (χ2v) is 9.60. The topological polar surface area (TPSA) is 116 Å². The van der Waals surface area contributed by atoms with E-state index in [1.807, 2.05) is 24.1 Å². The van der Waals surface area contributed by atoms with Crippen LogP contribution < -0.4 is 21.3 Å². The molecule has 4 rings (SSSR count). The molecule has 0 radical (unpaired) electrons. The number of hydrogen-bond acceptors (Lipinski definition) is 7. The standard InChI is InChI=1S/C26H35N7O2/c1-4-23(34)29-20-9-10-21(15-20)33(3)22-16-28-24(25(27)35)26(31-22)30-19-7-5-17(6-8-19)18-11-13-32(2)14-12-18/h4-8,16,18,20-21H,1,9-15H2,2-3H3,(H2,27,35)(H,29,34)(H,30,31)/t20?,21-/m1/s1. The zero-order chi connectivity index (χ0) is 24.9. The molecule has 1 saturated carbocycles. The zero-order valence-corrected chi connectivity index (χ0v) is 20.5. The number of nitrogens with zero attached hydrogens (tertiary/aromatic N) is 4. The fourth-order valence-electron chi connectivity index (χ4n) is 5.02. The first-order valence-corrected chi connectivity index (χ1v) is 12.2. The number of rotatable bonds is 8. The Morgan fingerprint density at radius 2 is 1.89 bits per heavy atom. The predicted octanol–water partition coefficient (Wildman–Crippen LogP) is 2.79. The Morgan fingerprint density at radius 1 is 1.17 bits per heavy atom. The molecule has 2 amide bonds. The Hall–Kier alpha value is -3.46. The van der Waals surface area contributed by atoms with E-state index in [0.717, 1.165) is 50.9 Å². The van der Waals surface area contributed by atoms with Crippen LogP contribution in [0.1, 0.15) is 54.1 Å². The van der Waals surface area contributed by atoms with E-state index in [1.165, 1.54) is 11.6 Å². The first kappa shape index (κ1) is 24.7. The molecule has 1 saturated heterocycles. The van der Waals surface area contributed by atoms with Crippen LogP contribution in [0.5, 0.6) is 0 Å². The number of anilines is 3. The molecule has 186 valence electrons. The molecular weight excluding hydrogens is 442 g/mol. The zero-order valence-electron chi connectivity index (χ0n) is 20.5. The highest BCUT2D eigenvalue weighted by Gasteiger charge is 2.29. The number of carbonyl (C=O) groups is 2. The number of piperidine rings is 1. The summed E-state index contributed by atoms with van der Waals surface area (Å²) in [5.41, 5.74) is 7.84. The summed E-state index contributed by atoms with van der Waals surface area (Å²) in [6, 6.07) is 8.61. The predicted molar refractivity (Wildman–Crippen MR) is 138 cm³/mol. The largest absolute Gasteiger partial charge is 0.364 e. The van der Waals surface area contributed by atoms with Crippen molar-refractivity contribution < 1.29 is 9.59 Å². The quantitative estimate of drug-likeness (QED) is 0.501. The summed E-state index contributed by atoms with van der Waals surface area (Å²) < 4.78 is 0. The van der Waals surface area contributed by atoms with Gasteiger partial charge in [-0.1, -0.05) is 18.7 Å². The Kier molecular flexibility index (Phi) is 7.65. The maximum atomic E-state index is 12.0. The van der Waals surface area contributed by atoms with Crippen molar-refractivity contribution in [3.8, 4) is 0 Å². The van der Waals surface area contributed by atoms with Crippen molar-refractivity contribution in [2.24, 2.45) is 5.73 Å². The van der Waals surface area contributed by atoms with Crippen LogP contribution in [0.15, 0.2) is 43.1 Å². The Labute approximate surface area is 206 Å². The highest BCUT2D eigenvalue weighted by atomic mass is 16.2. The Morgan fingerprint density at radius 3 is 2.54 bits per heavy atom. The Balaban J connectivity index is 1.47. The molecule has 0 bridgehead atoms. The van der Waals surface area contributed by atoms with E-state index in [1.54, 1.807) is 6.20 Å². The average molecular weight is 478 g/mol. The van der Waals surface area contributed by atoms with E-state index in [0.29, 0.717) is 17.6 Å². The van der Waals surface area contributed by atoms with Gasteiger partial charge in [-0.05, 0) is 81.9 Å². The minimum absolute atomic E-state index is 0.101. The van der Waals surface area contributed by atoms with Gasteiger partial charge in [0, 0.05) is 24.8 Å². The molecule has 9 nitrogen and oxygen atoms in total. The van der Waals surface area contributed by atoms with E-state index in [-0.39, 0.29) is 23.7 Å². The van der Waals surface area contributed by atoms with Gasteiger partial charge in [-0.3, -0.25) is 9.59 Å². The number of carbonyl (C=O) groups excluding carboxylic acids is 2. The molecule has 2 heterocycles. The number of aromatic nitrogens is 2. The van der Waals surface area contributed by atoms with Crippen molar-refractivity contribution >= 4 is 29.1 Å². The van der Waals surface area contributed by atoms with Gasteiger partial charge in [0.25, 0.3) is 5.91 Å². The van der Waals surface area contributed by atoms with Crippen molar-refractivity contribution in [3.05, 3.63) is 54.4 Å². The van der Waals surface area contributed by atoms with Crippen LogP contribution in [0.3, 0.4) is 0 Å². The molecule has 1 aliphatic heterocycles. The minimum Gasteiger partial charge on any atom is -0.364 e. The summed E-state index contributed by atoms with van der Waals surface area (Å²) >= 11 is 0. The van der Waals surface area contributed by atoms with Crippen LogP contribution >= 0.6 is 0 Å². The number of benzene rings is 1. The molecule has 1 unspecified atom stereocenters. The van der Waals surface area contributed by atoms with Gasteiger partial charge >= 0.3 is 0 Å². The van der Waals surface area contributed by atoms with Crippen LogP contribution in [0.4, 0.5) is 17.3 Å². The van der Waals surface area contributed by atoms with E-state index in [9.17, 15) is 9.59 Å². The lowest BCUT2D eigenvalue weighted by atomic mass is 9.89. The lowest BCUT2D eigenvalue weighted by Gasteiger charge is -2.29. The highest BCUT2D eigenvalue weighted by Crippen LogP contribution is 2.30. The first-order chi connectivity index (χ1) is 16.8. The number of hydrogen-bond donors (Lipinski definition) is 3. The molecule has 1 aliphatic carbocycles. The number of amides is 2. The van der Waals surface area contributed by atoms with Crippen LogP contribution in [0.25, 0.3) is 0 Å². The third-order valence-electron chi connectivity index (χ3n) is 7.20. The second-order valence-electron chi connectivity index (χ2n) is 9.60. The lowest BCUT2D eigenvalue weighted by molar-refractivity contribution is -0.117. The molecule has 9 heteroatoms. The smallest absolute Gasteiger partial charge is 0.271 e. The van der Waals surface area contributed by atoms with Gasteiger partial charge in [-0.15, -0.1) is 0 Å². The van der Waals surface area contributed by atoms with E-state index < -0.39 is 5.91 Å². The van der Waals surface area contributed by atoms with Gasteiger partial charge < -0.3 is 26.2 Å². The summed E-state index contributed by atoms with van der Waals surface area (Å²) in [6.45, 7) is 5.75. The fraction of sp³-hybridized carbons (Fsp3) is 0.462. The molecule has 2 aromatic rings. The molecule has 2 fully saturated rings. The molecule has 0 spiro atoms. The summed E-state index contributed by atoms with van der Waals surface area (Å²) in [4.78, 5) is 37.1. The summed E-state index contributed by atoms with van der Waals surface area (Å²) in [5.74, 6) is 0.761. The maximum Gasteiger partial charge on any atom is 0.271 e. The van der Waals surface area contributed by atoms with Gasteiger partial charge in [0.05, 0.1) is 6.20 Å². The average Bonchev–Trinajstić information content (AvgIpc) is 3.32. The molecule has 2 aliphatic rings. The van der Waals surface area contributed by atoms with Crippen LogP contribution in [-0.4, -0.2) is 66.0 Å². The first-order valence-electron chi connectivity index (χ1n) is 12.2. The van der Waals surface area contributed by atoms with Crippen molar-refractivity contribution in [1.82, 2.24) is 20.2 Å². The van der Waals surface area contributed by atoms with E-state index >= 15 is 0 Å². The molecule has 1 aromatic carbocycles. The summed E-state index contributed by atoms with van der Waals surface area (Å²) in [5, 5.41) is 6.21. The van der Waals surface area contributed by atoms with Gasteiger partial charge in [-0.25, -0.2) is 9.97 Å². The van der Waals surface area contributed by atoms with Crippen molar-refractivity contribution in [3.63, 3.8) is 0 Å². The van der Waals surface area contributed by atoms with Crippen LogP contribution in [-0.2, 0) is 4.79 Å². The maximum absolute atomic E-state index is 12.0. The monoisotopic (exact) mass is 477 g/mol. The normalized spacial score (nSPS) is 20.9. The van der Waals surface area contributed by atoms with Gasteiger partial charge in [-0.2, -0.15) is 0 Å². The molecule has 4 N–H and O–H groups in total. The van der Waals surface area contributed by atoms with Crippen molar-refractivity contribution in [2.75, 3.05) is 37.4 Å². The number of likely N-dealkylation sites (tertiary alicyclic amines) is 1. The van der Waals surface area contributed by atoms with Gasteiger partial charge in [0.15, 0.2) is 11.5 Å². The number of primary amides is 1. The fourth-order valence-corrected chi connectivity index (χ4v) is 5.02. The Bertz CT molecular complexity index is 1060. The molecule has 1 aromatic heterocycles. The second kappa shape index (κ2) is 10.9. The van der Waals surface area contributed by atoms with Crippen LogP contribution in [0, 0.1) is 0 Å². The van der Waals surface area contributed by atoms with Crippen molar-refractivity contribution in [2.45, 2.75) is 50.1 Å². The number of nitrogens with one attached hydrogen (secondary N) is 2. The molecule has 2 atom stereocenters. The highest BCUT2D eigenvalue weighted by molar-refractivity contribution is 5.96. The van der Waals surface area contributed by atoms with E-state index in [2.05, 4.69) is 46.3 Å². The summed E-state index contributed by atoms with van der Waals surface area (Å²) in [7, 11) is 4.12. The third kappa shape index (κ3) is 5.97. The van der Waals surface area contributed by atoms with Gasteiger partial charge in [0.1, 0.15) is 5.82 Å². The molecular formula is C26H35N7O2. The number of nitrogens with two attached hydrogens (primary N) is 1. The third-order valence-corrected chi connectivity index (χ3v) is 7.20. The summed E-state index contributed by atoms with van der Waals surface area (Å²) in [6.07, 6.45) is 7.79. The van der Waals surface area contributed by atoms with Crippen molar-refractivity contribution in [1.29, 1.82) is 0 Å². The van der Waals surface area contributed by atoms with Gasteiger partial charge in [0.2, 0.25) is 5.91 Å². The SMILES string of the molecule is C=CC(=O)NC1CC[C@@H](N(C)c2cnc(C(N)=O)c(Nc3ccc(C4CCN(C)CC4)cc3)n2)C1. The minimum atomic E-state index is -0.634. The molecule has 35 heavy (non-hydrogen) atoms. The van der Waals surface area contributed by atoms with Crippen LogP contribution in [0.2, 0.25) is 0 Å². The van der Waals surface area contributed by atoms with E-state index in [4.69, 9.17) is 10.7 Å².